The highest BCUT2D eigenvalue weighted by molar-refractivity contribution is 5.94. The van der Waals surface area contributed by atoms with E-state index < -0.39 is 5.82 Å². The molecule has 0 bridgehead atoms. The monoisotopic (exact) mass is 350 g/mol. The number of aryl methyl sites for hydroxylation is 1. The molecule has 1 aliphatic rings. The molecule has 0 N–H and O–H groups in total. The molecule has 0 aliphatic carbocycles. The summed E-state index contributed by atoms with van der Waals surface area (Å²) >= 11 is 0. The molecule has 0 saturated heterocycles. The molecule has 4 rings (SSSR count). The summed E-state index contributed by atoms with van der Waals surface area (Å²) in [7, 11) is 1.95. The van der Waals surface area contributed by atoms with Crippen molar-refractivity contribution in [3.05, 3.63) is 71.4 Å². The number of carbonyl (C=O) groups is 1. The second kappa shape index (κ2) is 6.71. The van der Waals surface area contributed by atoms with Gasteiger partial charge in [-0.1, -0.05) is 30.3 Å². The third-order valence-electron chi connectivity index (χ3n) is 4.82. The number of carbonyl (C=O) groups excluding carboxylic acids is 1. The Morgan fingerprint density at radius 3 is 2.65 bits per heavy atom. The lowest BCUT2D eigenvalue weighted by atomic mass is 10.0. The Morgan fingerprint density at radius 2 is 1.88 bits per heavy atom. The number of fused-ring (bicyclic) bond motifs is 1. The third-order valence-corrected chi connectivity index (χ3v) is 4.82. The van der Waals surface area contributed by atoms with Crippen molar-refractivity contribution in [2.24, 2.45) is 7.05 Å². The first-order chi connectivity index (χ1) is 12.6. The summed E-state index contributed by atoms with van der Waals surface area (Å²) in [5.74, 6) is -0.871. The molecule has 132 valence electrons. The SMILES string of the molecule is Cn1nc2c(c1-c1ccccc1)CCN(C(=O)c1ccncc1F)CC2. The zero-order chi connectivity index (χ0) is 18.1. The fraction of sp³-hybridized carbons (Fsp3) is 0.250. The van der Waals surface area contributed by atoms with Crippen LogP contribution in [0.25, 0.3) is 11.3 Å². The number of aromatic nitrogens is 3. The van der Waals surface area contributed by atoms with Gasteiger partial charge in [0.1, 0.15) is 0 Å². The van der Waals surface area contributed by atoms with E-state index in [9.17, 15) is 9.18 Å². The molecule has 3 heterocycles. The molecule has 2 aromatic heterocycles. The third kappa shape index (κ3) is 2.87. The van der Waals surface area contributed by atoms with Crippen LogP contribution in [0, 0.1) is 5.82 Å². The van der Waals surface area contributed by atoms with Gasteiger partial charge in [0.2, 0.25) is 0 Å². The van der Waals surface area contributed by atoms with Crippen molar-refractivity contribution >= 4 is 5.91 Å². The topological polar surface area (TPSA) is 51.0 Å². The number of benzene rings is 1. The van der Waals surface area contributed by atoms with Gasteiger partial charge in [-0.2, -0.15) is 5.10 Å². The number of halogens is 1. The van der Waals surface area contributed by atoms with Gasteiger partial charge in [-0.15, -0.1) is 0 Å². The summed E-state index contributed by atoms with van der Waals surface area (Å²) in [6, 6.07) is 11.6. The zero-order valence-electron chi connectivity index (χ0n) is 14.5. The second-order valence-corrected chi connectivity index (χ2v) is 6.41. The van der Waals surface area contributed by atoms with Crippen LogP contribution in [-0.4, -0.2) is 38.7 Å². The Morgan fingerprint density at radius 1 is 1.12 bits per heavy atom. The standard InChI is InChI=1S/C20H19FN4O/c1-24-19(14-5-3-2-4-6-14)16-8-11-25(12-9-18(16)23-24)20(26)15-7-10-22-13-17(15)21/h2-7,10,13H,8-9,11-12H2,1H3. The van der Waals surface area contributed by atoms with Crippen LogP contribution < -0.4 is 0 Å². The Kier molecular flexibility index (Phi) is 4.24. The Bertz CT molecular complexity index is 952. The van der Waals surface area contributed by atoms with Crippen molar-refractivity contribution in [1.29, 1.82) is 0 Å². The molecule has 6 heteroatoms. The van der Waals surface area contributed by atoms with E-state index >= 15 is 0 Å². The fourth-order valence-corrected chi connectivity index (χ4v) is 3.57. The van der Waals surface area contributed by atoms with Gasteiger partial charge in [-0.25, -0.2) is 4.39 Å². The molecule has 0 spiro atoms. The highest BCUT2D eigenvalue weighted by Crippen LogP contribution is 2.28. The Labute approximate surface area is 151 Å². The van der Waals surface area contributed by atoms with Crippen molar-refractivity contribution in [3.63, 3.8) is 0 Å². The predicted octanol–water partition coefficient (Wildman–Crippen LogP) is 2.86. The van der Waals surface area contributed by atoms with E-state index in [0.717, 1.165) is 23.1 Å². The van der Waals surface area contributed by atoms with E-state index in [1.165, 1.54) is 17.8 Å². The van der Waals surface area contributed by atoms with E-state index in [4.69, 9.17) is 0 Å². The highest BCUT2D eigenvalue weighted by atomic mass is 19.1. The van der Waals surface area contributed by atoms with E-state index in [-0.39, 0.29) is 11.5 Å². The second-order valence-electron chi connectivity index (χ2n) is 6.41. The minimum atomic E-state index is -0.580. The largest absolute Gasteiger partial charge is 0.338 e. The molecule has 1 aliphatic heterocycles. The number of hydrogen-bond acceptors (Lipinski definition) is 3. The van der Waals surface area contributed by atoms with Gasteiger partial charge in [0.15, 0.2) is 5.82 Å². The van der Waals surface area contributed by atoms with Crippen molar-refractivity contribution in [3.8, 4) is 11.3 Å². The minimum Gasteiger partial charge on any atom is -0.338 e. The van der Waals surface area contributed by atoms with Crippen LogP contribution >= 0.6 is 0 Å². The summed E-state index contributed by atoms with van der Waals surface area (Å²) in [5, 5.41) is 4.67. The molecular weight excluding hydrogens is 331 g/mol. The van der Waals surface area contributed by atoms with Crippen molar-refractivity contribution in [2.45, 2.75) is 12.8 Å². The first-order valence-corrected chi connectivity index (χ1v) is 8.64. The maximum Gasteiger partial charge on any atom is 0.256 e. The summed E-state index contributed by atoms with van der Waals surface area (Å²) in [6.07, 6.45) is 3.88. The van der Waals surface area contributed by atoms with Crippen molar-refractivity contribution in [2.75, 3.05) is 13.1 Å². The minimum absolute atomic E-state index is 0.0726. The lowest BCUT2D eigenvalue weighted by Crippen LogP contribution is -2.34. The summed E-state index contributed by atoms with van der Waals surface area (Å²) in [6.45, 7) is 1.07. The molecule has 26 heavy (non-hydrogen) atoms. The van der Waals surface area contributed by atoms with Crippen LogP contribution in [0.1, 0.15) is 21.6 Å². The summed E-state index contributed by atoms with van der Waals surface area (Å²) < 4.78 is 15.8. The average Bonchev–Trinajstić information content (AvgIpc) is 2.83. The van der Waals surface area contributed by atoms with Gasteiger partial charge >= 0.3 is 0 Å². The normalized spacial score (nSPS) is 14.0. The van der Waals surface area contributed by atoms with E-state index in [1.54, 1.807) is 4.90 Å². The maximum atomic E-state index is 13.9. The molecule has 0 unspecified atom stereocenters. The van der Waals surface area contributed by atoms with Gasteiger partial charge in [0.05, 0.1) is 23.1 Å². The number of pyridine rings is 1. The molecular formula is C20H19FN4O. The summed E-state index contributed by atoms with van der Waals surface area (Å²) in [5.41, 5.74) is 4.46. The van der Waals surface area contributed by atoms with Gasteiger partial charge in [-0.3, -0.25) is 14.5 Å². The van der Waals surface area contributed by atoms with Crippen LogP contribution in [0.15, 0.2) is 48.8 Å². The van der Waals surface area contributed by atoms with Crippen molar-refractivity contribution < 1.29 is 9.18 Å². The van der Waals surface area contributed by atoms with E-state index in [2.05, 4.69) is 22.2 Å². The molecule has 1 amide bonds. The fourth-order valence-electron chi connectivity index (χ4n) is 3.57. The van der Waals surface area contributed by atoms with Gasteiger partial charge in [0, 0.05) is 43.9 Å². The number of rotatable bonds is 2. The van der Waals surface area contributed by atoms with E-state index in [1.807, 2.05) is 29.9 Å². The Hall–Kier alpha value is -3.02. The number of hydrogen-bond donors (Lipinski definition) is 0. The molecule has 0 atom stereocenters. The van der Waals surface area contributed by atoms with Gasteiger partial charge in [0.25, 0.3) is 5.91 Å². The quantitative estimate of drug-likeness (QED) is 0.714. The first kappa shape index (κ1) is 16.4. The van der Waals surface area contributed by atoms with Crippen LogP contribution in [-0.2, 0) is 19.9 Å². The summed E-state index contributed by atoms with van der Waals surface area (Å²) in [4.78, 5) is 18.1. The predicted molar refractivity (Wildman–Crippen MR) is 96.2 cm³/mol. The number of nitrogens with zero attached hydrogens (tertiary/aromatic N) is 4. The first-order valence-electron chi connectivity index (χ1n) is 8.64. The molecule has 3 aromatic rings. The molecule has 0 saturated carbocycles. The Balaban J connectivity index is 1.62. The van der Waals surface area contributed by atoms with Crippen molar-refractivity contribution in [1.82, 2.24) is 19.7 Å². The van der Waals surface area contributed by atoms with Crippen LogP contribution in [0.4, 0.5) is 4.39 Å². The molecule has 5 nitrogen and oxygen atoms in total. The maximum absolute atomic E-state index is 13.9. The van der Waals surface area contributed by atoms with Crippen LogP contribution in [0.3, 0.4) is 0 Å². The van der Waals surface area contributed by atoms with E-state index in [0.29, 0.717) is 25.9 Å². The van der Waals surface area contributed by atoms with Gasteiger partial charge < -0.3 is 4.90 Å². The molecule has 1 aromatic carbocycles. The highest BCUT2D eigenvalue weighted by Gasteiger charge is 2.26. The molecule has 0 fully saturated rings. The molecule has 0 radical (unpaired) electrons. The van der Waals surface area contributed by atoms with Gasteiger partial charge in [-0.05, 0) is 12.5 Å². The lowest BCUT2D eigenvalue weighted by Gasteiger charge is -2.20. The lowest BCUT2D eigenvalue weighted by molar-refractivity contribution is 0.0758. The zero-order valence-corrected chi connectivity index (χ0v) is 14.5. The number of amides is 1. The average molecular weight is 350 g/mol. The van der Waals surface area contributed by atoms with Crippen LogP contribution in [0.2, 0.25) is 0 Å². The smallest absolute Gasteiger partial charge is 0.256 e. The van der Waals surface area contributed by atoms with Crippen LogP contribution in [0.5, 0.6) is 0 Å².